The van der Waals surface area contributed by atoms with Crippen LogP contribution in [0.25, 0.3) is 21.3 Å². The van der Waals surface area contributed by atoms with Crippen LogP contribution < -0.4 is 10.9 Å². The third-order valence-corrected chi connectivity index (χ3v) is 6.39. The van der Waals surface area contributed by atoms with Crippen molar-refractivity contribution in [2.24, 2.45) is 0 Å². The summed E-state index contributed by atoms with van der Waals surface area (Å²) in [5.41, 5.74) is 1.45. The zero-order valence-electron chi connectivity index (χ0n) is 15.5. The minimum absolute atomic E-state index is 0.119. The van der Waals surface area contributed by atoms with E-state index < -0.39 is 0 Å². The van der Waals surface area contributed by atoms with Gasteiger partial charge < -0.3 is 5.32 Å². The average molecular weight is 406 g/mol. The van der Waals surface area contributed by atoms with Crippen LogP contribution in [-0.2, 0) is 11.3 Å². The monoisotopic (exact) mass is 405 g/mol. The predicted octanol–water partition coefficient (Wildman–Crippen LogP) is 3.82. The Labute approximate surface area is 164 Å². The summed E-state index contributed by atoms with van der Waals surface area (Å²) in [7, 11) is 1.58. The molecule has 8 heteroatoms. The highest BCUT2D eigenvalue weighted by molar-refractivity contribution is 8.00. The van der Waals surface area contributed by atoms with Gasteiger partial charge in [-0.1, -0.05) is 23.9 Å². The van der Waals surface area contributed by atoms with Crippen LogP contribution in [0.4, 0.5) is 4.39 Å². The number of nitrogens with zero attached hydrogens (tertiary/aromatic N) is 2. The van der Waals surface area contributed by atoms with Crippen molar-refractivity contribution in [3.63, 3.8) is 0 Å². The molecular formula is C19H20FN3O2S2. The molecule has 0 unspecified atom stereocenters. The van der Waals surface area contributed by atoms with Crippen LogP contribution >= 0.6 is 23.1 Å². The van der Waals surface area contributed by atoms with Crippen LogP contribution in [0.1, 0.15) is 18.7 Å². The highest BCUT2D eigenvalue weighted by Gasteiger charge is 2.22. The Morgan fingerprint density at radius 3 is 2.63 bits per heavy atom. The van der Waals surface area contributed by atoms with Crippen molar-refractivity contribution in [2.45, 2.75) is 37.7 Å². The summed E-state index contributed by atoms with van der Waals surface area (Å²) in [6, 6.07) is 6.13. The van der Waals surface area contributed by atoms with Crippen LogP contribution in [0.5, 0.6) is 0 Å². The molecule has 0 saturated carbocycles. The lowest BCUT2D eigenvalue weighted by molar-refractivity contribution is -0.119. The van der Waals surface area contributed by atoms with E-state index in [2.05, 4.69) is 10.3 Å². The van der Waals surface area contributed by atoms with Crippen molar-refractivity contribution >= 4 is 39.2 Å². The predicted molar refractivity (Wildman–Crippen MR) is 109 cm³/mol. The molecule has 0 saturated heterocycles. The Balaban J connectivity index is 2.20. The van der Waals surface area contributed by atoms with E-state index in [-0.39, 0.29) is 22.5 Å². The van der Waals surface area contributed by atoms with Crippen LogP contribution in [0.2, 0.25) is 0 Å². The van der Waals surface area contributed by atoms with Crippen molar-refractivity contribution in [1.29, 1.82) is 0 Å². The summed E-state index contributed by atoms with van der Waals surface area (Å²) in [5, 5.41) is 3.31. The summed E-state index contributed by atoms with van der Waals surface area (Å²) >= 11 is 2.70. The molecule has 0 aliphatic heterocycles. The van der Waals surface area contributed by atoms with Gasteiger partial charge in [-0.15, -0.1) is 11.3 Å². The zero-order valence-corrected chi connectivity index (χ0v) is 17.1. The lowest BCUT2D eigenvalue weighted by Gasteiger charge is -2.13. The molecular weight excluding hydrogens is 385 g/mol. The Morgan fingerprint density at radius 1 is 1.37 bits per heavy atom. The van der Waals surface area contributed by atoms with Gasteiger partial charge in [0.05, 0.1) is 10.6 Å². The van der Waals surface area contributed by atoms with Crippen molar-refractivity contribution in [1.82, 2.24) is 14.9 Å². The normalized spacial score (nSPS) is 12.3. The molecule has 1 atom stereocenters. The molecule has 1 amide bonds. The van der Waals surface area contributed by atoms with E-state index in [9.17, 15) is 14.0 Å². The van der Waals surface area contributed by atoms with Gasteiger partial charge >= 0.3 is 0 Å². The second-order valence-electron chi connectivity index (χ2n) is 6.04. The number of fused-ring (bicyclic) bond motifs is 1. The molecule has 142 valence electrons. The number of hydrogen-bond donors (Lipinski definition) is 1. The molecule has 0 bridgehead atoms. The molecule has 2 aromatic heterocycles. The number of halogens is 1. The lowest BCUT2D eigenvalue weighted by atomic mass is 10.0. The van der Waals surface area contributed by atoms with Gasteiger partial charge in [-0.3, -0.25) is 14.2 Å². The number of benzene rings is 1. The largest absolute Gasteiger partial charge is 0.358 e. The maximum Gasteiger partial charge on any atom is 0.263 e. The summed E-state index contributed by atoms with van der Waals surface area (Å²) in [4.78, 5) is 31.3. The van der Waals surface area contributed by atoms with E-state index in [4.69, 9.17) is 0 Å². The number of amides is 1. The number of rotatable bonds is 5. The van der Waals surface area contributed by atoms with Gasteiger partial charge in [-0.05, 0) is 38.5 Å². The number of nitrogens with one attached hydrogen (secondary N) is 1. The Bertz CT molecular complexity index is 1060. The molecule has 0 spiro atoms. The maximum absolute atomic E-state index is 13.3. The van der Waals surface area contributed by atoms with Crippen molar-refractivity contribution < 1.29 is 9.18 Å². The van der Waals surface area contributed by atoms with E-state index in [0.29, 0.717) is 21.9 Å². The highest BCUT2D eigenvalue weighted by Crippen LogP contribution is 2.37. The second kappa shape index (κ2) is 7.82. The number of aromatic nitrogens is 2. The Morgan fingerprint density at radius 2 is 2.04 bits per heavy atom. The molecule has 0 aliphatic rings. The lowest BCUT2D eigenvalue weighted by Crippen LogP contribution is -2.29. The van der Waals surface area contributed by atoms with Crippen LogP contribution in [0, 0.1) is 12.7 Å². The molecule has 5 nitrogen and oxygen atoms in total. The number of carbonyl (C=O) groups is 1. The van der Waals surface area contributed by atoms with E-state index in [1.54, 1.807) is 30.7 Å². The molecule has 2 heterocycles. The first-order valence-corrected chi connectivity index (χ1v) is 10.2. The summed E-state index contributed by atoms with van der Waals surface area (Å²) in [6.45, 7) is 6.03. The second-order valence-corrected chi connectivity index (χ2v) is 8.55. The van der Waals surface area contributed by atoms with Gasteiger partial charge in [-0.25, -0.2) is 9.37 Å². The molecule has 1 N–H and O–H groups in total. The number of aryl methyl sites for hydroxylation is 1. The summed E-state index contributed by atoms with van der Waals surface area (Å²) in [5.74, 6) is -0.437. The third kappa shape index (κ3) is 3.64. The molecule has 3 aromatic rings. The standard InChI is InChI=1S/C19H20FN3O2S2/c1-5-23-18(25)15-14(12-6-8-13(20)9-7-12)10(2)26-17(15)22-19(23)27-11(3)16(24)21-4/h6-9,11H,5H2,1-4H3,(H,21,24)/t11-/m1/s1. The molecule has 3 rings (SSSR count). The summed E-state index contributed by atoms with van der Waals surface area (Å²) < 4.78 is 14.9. The first kappa shape index (κ1) is 19.6. The minimum Gasteiger partial charge on any atom is -0.358 e. The minimum atomic E-state index is -0.366. The fourth-order valence-corrected chi connectivity index (χ4v) is 5.04. The smallest absolute Gasteiger partial charge is 0.263 e. The number of carbonyl (C=O) groups excluding carboxylic acids is 1. The van der Waals surface area contributed by atoms with Gasteiger partial charge in [-0.2, -0.15) is 0 Å². The molecule has 0 fully saturated rings. The quantitative estimate of drug-likeness (QED) is 0.518. The van der Waals surface area contributed by atoms with Crippen molar-refractivity contribution in [3.8, 4) is 11.1 Å². The highest BCUT2D eigenvalue weighted by atomic mass is 32.2. The maximum atomic E-state index is 13.3. The van der Waals surface area contributed by atoms with Crippen LogP contribution in [-0.4, -0.2) is 27.8 Å². The Kier molecular flexibility index (Phi) is 5.67. The van der Waals surface area contributed by atoms with E-state index in [1.807, 2.05) is 13.8 Å². The number of thioether (sulfide) groups is 1. The average Bonchev–Trinajstić information content (AvgIpc) is 2.98. The topological polar surface area (TPSA) is 64.0 Å². The van der Waals surface area contributed by atoms with Gasteiger partial charge in [0.25, 0.3) is 5.56 Å². The van der Waals surface area contributed by atoms with Crippen LogP contribution in [0.3, 0.4) is 0 Å². The van der Waals surface area contributed by atoms with E-state index in [0.717, 1.165) is 16.0 Å². The fraction of sp³-hybridized carbons (Fsp3) is 0.316. The van der Waals surface area contributed by atoms with Gasteiger partial charge in [0.15, 0.2) is 5.16 Å². The molecule has 27 heavy (non-hydrogen) atoms. The van der Waals surface area contributed by atoms with Crippen molar-refractivity contribution in [3.05, 3.63) is 45.3 Å². The van der Waals surface area contributed by atoms with Gasteiger partial charge in [0.2, 0.25) is 5.91 Å². The first-order valence-electron chi connectivity index (χ1n) is 8.55. The molecule has 1 aromatic carbocycles. The van der Waals surface area contributed by atoms with E-state index in [1.165, 1.54) is 35.2 Å². The van der Waals surface area contributed by atoms with E-state index >= 15 is 0 Å². The Hall–Kier alpha value is -2.19. The third-order valence-electron chi connectivity index (χ3n) is 4.30. The first-order chi connectivity index (χ1) is 12.9. The molecule has 0 aliphatic carbocycles. The molecule has 0 radical (unpaired) electrons. The summed E-state index contributed by atoms with van der Waals surface area (Å²) in [6.07, 6.45) is 0. The SMILES string of the molecule is CCn1c(S[C@H](C)C(=O)NC)nc2sc(C)c(-c3ccc(F)cc3)c2c1=O. The fourth-order valence-electron chi connectivity index (χ4n) is 2.92. The van der Waals surface area contributed by atoms with Crippen molar-refractivity contribution in [2.75, 3.05) is 7.05 Å². The van der Waals surface area contributed by atoms with Gasteiger partial charge in [0.1, 0.15) is 10.6 Å². The zero-order chi connectivity index (χ0) is 19.7. The number of thiophene rings is 1. The van der Waals surface area contributed by atoms with Crippen LogP contribution in [0.15, 0.2) is 34.2 Å². The van der Waals surface area contributed by atoms with Gasteiger partial charge in [0, 0.05) is 24.0 Å². The number of hydrogen-bond acceptors (Lipinski definition) is 5.